The fourth-order valence-electron chi connectivity index (χ4n) is 2.39. The fraction of sp³-hybridized carbons (Fsp3) is 0.222. The van der Waals surface area contributed by atoms with Crippen LogP contribution in [0.5, 0.6) is 0 Å². The van der Waals surface area contributed by atoms with Crippen molar-refractivity contribution >= 4 is 11.9 Å². The van der Waals surface area contributed by atoms with E-state index in [9.17, 15) is 14.0 Å². The molecule has 2 aromatic rings. The number of carboxylic acid groups (broad SMARTS) is 1. The highest BCUT2D eigenvalue weighted by atomic mass is 19.1. The number of halogens is 1. The summed E-state index contributed by atoms with van der Waals surface area (Å²) < 4.78 is 13.1. The van der Waals surface area contributed by atoms with Gasteiger partial charge in [-0.3, -0.25) is 9.59 Å². The van der Waals surface area contributed by atoms with Crippen molar-refractivity contribution in [2.24, 2.45) is 0 Å². The number of aliphatic carboxylic acids is 1. The number of benzene rings is 2. The van der Waals surface area contributed by atoms with Gasteiger partial charge in [0.2, 0.25) is 5.91 Å². The Morgan fingerprint density at radius 2 is 1.78 bits per heavy atom. The molecule has 1 amide bonds. The number of amides is 1. The Bertz CT molecular complexity index is 673. The molecule has 0 spiro atoms. The van der Waals surface area contributed by atoms with Crippen molar-refractivity contribution < 1.29 is 19.1 Å². The average molecular weight is 315 g/mol. The van der Waals surface area contributed by atoms with Crippen LogP contribution in [0, 0.1) is 5.82 Å². The monoisotopic (exact) mass is 315 g/mol. The maximum atomic E-state index is 13.1. The Labute approximate surface area is 134 Å². The van der Waals surface area contributed by atoms with Crippen LogP contribution in [0.25, 0.3) is 0 Å². The van der Waals surface area contributed by atoms with Crippen LogP contribution in [0.15, 0.2) is 54.6 Å². The first-order valence-electron chi connectivity index (χ1n) is 7.32. The van der Waals surface area contributed by atoms with E-state index in [1.165, 1.54) is 12.1 Å². The summed E-state index contributed by atoms with van der Waals surface area (Å²) in [5, 5.41) is 11.7. The molecule has 1 atom stereocenters. The van der Waals surface area contributed by atoms with Crippen molar-refractivity contribution in [3.63, 3.8) is 0 Å². The van der Waals surface area contributed by atoms with Gasteiger partial charge in [-0.15, -0.1) is 0 Å². The lowest BCUT2D eigenvalue weighted by Crippen LogP contribution is -2.25. The minimum atomic E-state index is -0.947. The molecule has 2 aromatic carbocycles. The summed E-state index contributed by atoms with van der Waals surface area (Å²) in [7, 11) is 0. The van der Waals surface area contributed by atoms with E-state index in [2.05, 4.69) is 5.32 Å². The molecule has 0 fully saturated rings. The molecule has 0 aliphatic carbocycles. The predicted molar refractivity (Wildman–Crippen MR) is 84.3 cm³/mol. The van der Waals surface area contributed by atoms with Gasteiger partial charge in [0.05, 0.1) is 6.42 Å². The Balaban J connectivity index is 1.96. The van der Waals surface area contributed by atoms with Gasteiger partial charge < -0.3 is 10.4 Å². The fourth-order valence-corrected chi connectivity index (χ4v) is 2.39. The molecule has 0 aliphatic heterocycles. The van der Waals surface area contributed by atoms with Crippen LogP contribution < -0.4 is 5.32 Å². The Morgan fingerprint density at radius 3 is 2.43 bits per heavy atom. The lowest BCUT2D eigenvalue weighted by atomic mass is 9.92. The topological polar surface area (TPSA) is 66.4 Å². The summed E-state index contributed by atoms with van der Waals surface area (Å²) in [5.41, 5.74) is 1.48. The van der Waals surface area contributed by atoms with E-state index in [1.54, 1.807) is 12.1 Å². The van der Waals surface area contributed by atoms with Crippen molar-refractivity contribution in [2.45, 2.75) is 25.3 Å². The zero-order chi connectivity index (χ0) is 16.7. The van der Waals surface area contributed by atoms with Gasteiger partial charge in [-0.05, 0) is 23.3 Å². The molecule has 0 heterocycles. The standard InChI is InChI=1S/C18H18FNO3/c19-16-8-4-5-13(9-16)12-20-17(21)10-15(11-18(22)23)14-6-2-1-3-7-14/h1-9,15H,10-12H2,(H,20,21)(H,22,23)/t15-/m0/s1. The second kappa shape index (κ2) is 8.08. The third-order valence-electron chi connectivity index (χ3n) is 3.50. The summed E-state index contributed by atoms with van der Waals surface area (Å²) in [6.07, 6.45) is -0.0387. The average Bonchev–Trinajstić information content (AvgIpc) is 2.53. The van der Waals surface area contributed by atoms with Crippen molar-refractivity contribution in [3.8, 4) is 0 Å². The third kappa shape index (κ3) is 5.54. The summed E-state index contributed by atoms with van der Waals surface area (Å²) in [5.74, 6) is -1.95. The number of carbonyl (C=O) groups is 2. The van der Waals surface area contributed by atoms with Crippen molar-refractivity contribution in [1.82, 2.24) is 5.32 Å². The van der Waals surface area contributed by atoms with Crippen LogP contribution in [0.3, 0.4) is 0 Å². The molecular weight excluding hydrogens is 297 g/mol. The van der Waals surface area contributed by atoms with E-state index in [1.807, 2.05) is 30.3 Å². The zero-order valence-corrected chi connectivity index (χ0v) is 12.5. The number of carboxylic acids is 1. The van der Waals surface area contributed by atoms with Crippen LogP contribution >= 0.6 is 0 Å². The van der Waals surface area contributed by atoms with E-state index in [4.69, 9.17) is 5.11 Å². The van der Waals surface area contributed by atoms with Crippen molar-refractivity contribution in [1.29, 1.82) is 0 Å². The van der Waals surface area contributed by atoms with E-state index in [0.29, 0.717) is 5.56 Å². The molecule has 0 saturated carbocycles. The minimum absolute atomic E-state index is 0.0750. The first-order chi connectivity index (χ1) is 11.0. The molecule has 23 heavy (non-hydrogen) atoms. The van der Waals surface area contributed by atoms with Crippen molar-refractivity contribution in [3.05, 3.63) is 71.5 Å². The highest BCUT2D eigenvalue weighted by molar-refractivity contribution is 5.78. The molecule has 0 saturated heterocycles. The third-order valence-corrected chi connectivity index (χ3v) is 3.50. The molecule has 0 unspecified atom stereocenters. The summed E-state index contributed by atoms with van der Waals surface area (Å²) in [6, 6.07) is 15.1. The number of hydrogen-bond acceptors (Lipinski definition) is 2. The second-order valence-corrected chi connectivity index (χ2v) is 5.32. The van der Waals surface area contributed by atoms with E-state index in [-0.39, 0.29) is 37.0 Å². The molecule has 0 bridgehead atoms. The zero-order valence-electron chi connectivity index (χ0n) is 12.5. The molecule has 2 rings (SSSR count). The van der Waals surface area contributed by atoms with Crippen LogP contribution in [-0.2, 0) is 16.1 Å². The maximum absolute atomic E-state index is 13.1. The Hall–Kier alpha value is -2.69. The van der Waals surface area contributed by atoms with Gasteiger partial charge in [0.25, 0.3) is 0 Å². The number of nitrogens with one attached hydrogen (secondary N) is 1. The molecule has 120 valence electrons. The SMILES string of the molecule is O=C(O)C[C@H](CC(=O)NCc1cccc(F)c1)c1ccccc1. The first kappa shape index (κ1) is 16.7. The molecule has 0 aliphatic rings. The first-order valence-corrected chi connectivity index (χ1v) is 7.32. The van der Waals surface area contributed by atoms with Gasteiger partial charge in [-0.25, -0.2) is 4.39 Å². The molecule has 0 radical (unpaired) electrons. The molecule has 4 nitrogen and oxygen atoms in total. The van der Waals surface area contributed by atoms with Crippen LogP contribution in [0.2, 0.25) is 0 Å². The van der Waals surface area contributed by atoms with Crippen LogP contribution in [0.4, 0.5) is 4.39 Å². The van der Waals surface area contributed by atoms with Crippen LogP contribution in [-0.4, -0.2) is 17.0 Å². The second-order valence-electron chi connectivity index (χ2n) is 5.32. The van der Waals surface area contributed by atoms with Gasteiger partial charge in [0.15, 0.2) is 0 Å². The number of hydrogen-bond donors (Lipinski definition) is 2. The van der Waals surface area contributed by atoms with Gasteiger partial charge in [-0.1, -0.05) is 42.5 Å². The molecule has 0 aromatic heterocycles. The van der Waals surface area contributed by atoms with Crippen LogP contribution in [0.1, 0.15) is 29.9 Å². The Morgan fingerprint density at radius 1 is 1.04 bits per heavy atom. The highest BCUT2D eigenvalue weighted by Gasteiger charge is 2.19. The largest absolute Gasteiger partial charge is 0.481 e. The number of rotatable bonds is 7. The summed E-state index contributed by atoms with van der Waals surface area (Å²) >= 11 is 0. The van der Waals surface area contributed by atoms with E-state index < -0.39 is 5.97 Å². The smallest absolute Gasteiger partial charge is 0.303 e. The van der Waals surface area contributed by atoms with Gasteiger partial charge in [0, 0.05) is 18.9 Å². The molecule has 2 N–H and O–H groups in total. The Kier molecular flexibility index (Phi) is 5.86. The van der Waals surface area contributed by atoms with Crippen molar-refractivity contribution in [2.75, 3.05) is 0 Å². The predicted octanol–water partition coefficient (Wildman–Crippen LogP) is 3.09. The van der Waals surface area contributed by atoms with Gasteiger partial charge in [0.1, 0.15) is 5.82 Å². The van der Waals surface area contributed by atoms with Gasteiger partial charge in [-0.2, -0.15) is 0 Å². The van der Waals surface area contributed by atoms with E-state index >= 15 is 0 Å². The summed E-state index contributed by atoms with van der Waals surface area (Å²) in [6.45, 7) is 0.213. The maximum Gasteiger partial charge on any atom is 0.303 e. The normalized spacial score (nSPS) is 11.7. The number of carbonyl (C=O) groups excluding carboxylic acids is 1. The van der Waals surface area contributed by atoms with E-state index in [0.717, 1.165) is 5.56 Å². The van der Waals surface area contributed by atoms with Gasteiger partial charge >= 0.3 is 5.97 Å². The molecule has 5 heteroatoms. The molecular formula is C18H18FNO3. The lowest BCUT2D eigenvalue weighted by molar-refractivity contribution is -0.137. The lowest BCUT2D eigenvalue weighted by Gasteiger charge is -2.15. The quantitative estimate of drug-likeness (QED) is 0.825. The summed E-state index contributed by atoms with van der Waals surface area (Å²) in [4.78, 5) is 23.1. The highest BCUT2D eigenvalue weighted by Crippen LogP contribution is 2.23. The minimum Gasteiger partial charge on any atom is -0.481 e.